The van der Waals surface area contributed by atoms with Crippen LogP contribution in [0.1, 0.15) is 64.9 Å². The predicted molar refractivity (Wildman–Crippen MR) is 141 cm³/mol. The van der Waals surface area contributed by atoms with E-state index in [1.165, 1.54) is 4.90 Å². The molecule has 1 aliphatic heterocycles. The number of nitrogens with one attached hydrogen (secondary N) is 1. The summed E-state index contributed by atoms with van der Waals surface area (Å²) in [6, 6.07) is 1.61. The van der Waals surface area contributed by atoms with Crippen molar-refractivity contribution in [3.05, 3.63) is 29.5 Å². The summed E-state index contributed by atoms with van der Waals surface area (Å²) in [7, 11) is 0. The molecule has 1 aliphatic rings. The first-order valence-electron chi connectivity index (χ1n) is 12.3. The largest absolute Gasteiger partial charge is 0.465 e. The second-order valence-electron chi connectivity index (χ2n) is 10.7. The van der Waals surface area contributed by atoms with E-state index in [1.807, 2.05) is 25.4 Å². The number of piperidine rings is 1. The van der Waals surface area contributed by atoms with E-state index in [4.69, 9.17) is 4.98 Å². The second kappa shape index (κ2) is 10.0. The highest BCUT2D eigenvalue weighted by molar-refractivity contribution is 7.16. The molecule has 2 N–H and O–H groups in total. The van der Waals surface area contributed by atoms with Crippen molar-refractivity contribution >= 4 is 34.0 Å². The van der Waals surface area contributed by atoms with Crippen LogP contribution in [0.15, 0.2) is 23.8 Å². The molecule has 194 valence electrons. The Kier molecular flexibility index (Phi) is 7.21. The Morgan fingerprint density at radius 1 is 1.19 bits per heavy atom. The molecule has 3 aromatic rings. The Balaban J connectivity index is 1.62. The van der Waals surface area contributed by atoms with Crippen molar-refractivity contribution in [2.45, 2.75) is 72.5 Å². The van der Waals surface area contributed by atoms with Crippen LogP contribution >= 0.6 is 11.3 Å². The number of likely N-dealkylation sites (tertiary alicyclic amines) is 1. The van der Waals surface area contributed by atoms with Crippen molar-refractivity contribution in [2.24, 2.45) is 5.41 Å². The fourth-order valence-corrected chi connectivity index (χ4v) is 5.17. The van der Waals surface area contributed by atoms with Gasteiger partial charge in [0.1, 0.15) is 16.3 Å². The fourth-order valence-electron chi connectivity index (χ4n) is 4.38. The predicted octanol–water partition coefficient (Wildman–Crippen LogP) is 4.69. The third kappa shape index (κ3) is 5.30. The minimum Gasteiger partial charge on any atom is -0.465 e. The number of amides is 2. The number of carboxylic acid groups (broad SMARTS) is 1. The molecular formula is C25H35N7O3S. The van der Waals surface area contributed by atoms with Gasteiger partial charge in [0.25, 0.3) is 5.91 Å². The number of carbonyl (C=O) groups is 2. The molecule has 10 nitrogen and oxygen atoms in total. The summed E-state index contributed by atoms with van der Waals surface area (Å²) in [6.45, 7) is 13.2. The first kappa shape index (κ1) is 25.9. The number of anilines is 1. The molecular weight excluding hydrogens is 478 g/mol. The van der Waals surface area contributed by atoms with Gasteiger partial charge in [-0.25, -0.2) is 19.3 Å². The fraction of sp³-hybridized carbons (Fsp3) is 0.560. The van der Waals surface area contributed by atoms with E-state index >= 15 is 0 Å². The van der Waals surface area contributed by atoms with E-state index in [9.17, 15) is 14.7 Å². The molecule has 3 aromatic heterocycles. The number of thiazole rings is 1. The van der Waals surface area contributed by atoms with E-state index in [0.717, 1.165) is 10.4 Å². The van der Waals surface area contributed by atoms with Gasteiger partial charge in [0.05, 0.1) is 11.8 Å². The number of nitrogens with zero attached hydrogens (tertiary/aromatic N) is 6. The standard InChI is InChI=1S/C25H35N7O3S/c1-15(2)32(24(34)35)17-7-9-30(10-8-17)22(33)19-13-20(27-16(3)25(4,5)6)29-21(28-19)18-14-26-31-11-12-36-23(18)31/h11-17H,7-10H2,1-6H3,(H,34,35)(H,27,28,29)/t16-/m1/s1. The van der Waals surface area contributed by atoms with Crippen molar-refractivity contribution < 1.29 is 14.7 Å². The molecule has 0 aromatic carbocycles. The van der Waals surface area contributed by atoms with Gasteiger partial charge in [0.2, 0.25) is 0 Å². The molecule has 1 fully saturated rings. The normalized spacial score (nSPS) is 15.9. The second-order valence-corrected chi connectivity index (χ2v) is 11.6. The zero-order chi connectivity index (χ0) is 26.2. The summed E-state index contributed by atoms with van der Waals surface area (Å²) in [5.74, 6) is 0.867. The molecule has 0 bridgehead atoms. The molecule has 0 spiro atoms. The van der Waals surface area contributed by atoms with Crippen molar-refractivity contribution in [1.82, 2.24) is 29.4 Å². The molecule has 1 atom stereocenters. The summed E-state index contributed by atoms with van der Waals surface area (Å²) >= 11 is 1.54. The SMILES string of the molecule is CC(C)N(C(=O)O)C1CCN(C(=O)c2cc(N[C@H](C)C(C)(C)C)nc(-c3cnn4ccsc34)n2)CC1. The van der Waals surface area contributed by atoms with E-state index in [0.29, 0.717) is 43.3 Å². The molecule has 1 saturated heterocycles. The summed E-state index contributed by atoms with van der Waals surface area (Å²) in [6.07, 6.45) is 3.88. The van der Waals surface area contributed by atoms with Crippen LogP contribution in [-0.2, 0) is 0 Å². The van der Waals surface area contributed by atoms with Crippen molar-refractivity contribution in [2.75, 3.05) is 18.4 Å². The van der Waals surface area contributed by atoms with Crippen LogP contribution in [0.2, 0.25) is 0 Å². The monoisotopic (exact) mass is 513 g/mol. The number of hydrogen-bond donors (Lipinski definition) is 2. The molecule has 4 rings (SSSR count). The average molecular weight is 514 g/mol. The van der Waals surface area contributed by atoms with E-state index in [2.05, 4.69) is 43.1 Å². The van der Waals surface area contributed by atoms with Crippen LogP contribution in [-0.4, -0.2) is 77.7 Å². The molecule has 11 heteroatoms. The Morgan fingerprint density at radius 2 is 1.89 bits per heavy atom. The number of carbonyl (C=O) groups excluding carboxylic acids is 1. The van der Waals surface area contributed by atoms with Gasteiger partial charge >= 0.3 is 6.09 Å². The van der Waals surface area contributed by atoms with Crippen LogP contribution in [0.5, 0.6) is 0 Å². The van der Waals surface area contributed by atoms with Crippen LogP contribution in [0.4, 0.5) is 10.6 Å². The maximum Gasteiger partial charge on any atom is 0.407 e. The lowest BCUT2D eigenvalue weighted by molar-refractivity contribution is 0.0561. The maximum atomic E-state index is 13.6. The lowest BCUT2D eigenvalue weighted by Gasteiger charge is -2.39. The molecule has 0 radical (unpaired) electrons. The van der Waals surface area contributed by atoms with Gasteiger partial charge in [-0.2, -0.15) is 5.10 Å². The van der Waals surface area contributed by atoms with Gasteiger partial charge in [-0.3, -0.25) is 4.79 Å². The highest BCUT2D eigenvalue weighted by atomic mass is 32.1. The van der Waals surface area contributed by atoms with Gasteiger partial charge in [0, 0.05) is 48.9 Å². The quantitative estimate of drug-likeness (QED) is 0.491. The first-order chi connectivity index (χ1) is 17.0. The number of fused-ring (bicyclic) bond motifs is 1. The maximum absolute atomic E-state index is 13.6. The first-order valence-corrected chi connectivity index (χ1v) is 13.2. The zero-order valence-electron chi connectivity index (χ0n) is 21.7. The third-order valence-corrected chi connectivity index (χ3v) is 7.79. The Hall–Kier alpha value is -3.21. The molecule has 0 saturated carbocycles. The zero-order valence-corrected chi connectivity index (χ0v) is 22.5. The smallest absolute Gasteiger partial charge is 0.407 e. The van der Waals surface area contributed by atoms with Crippen LogP contribution in [0.25, 0.3) is 16.2 Å². The average Bonchev–Trinajstić information content (AvgIpc) is 3.42. The van der Waals surface area contributed by atoms with Gasteiger partial charge in [-0.15, -0.1) is 11.3 Å². The van der Waals surface area contributed by atoms with Crippen LogP contribution in [0.3, 0.4) is 0 Å². The Bertz CT molecular complexity index is 1240. The van der Waals surface area contributed by atoms with Crippen LogP contribution < -0.4 is 5.32 Å². The van der Waals surface area contributed by atoms with Crippen LogP contribution in [0, 0.1) is 5.41 Å². The minimum atomic E-state index is -0.917. The number of aromatic nitrogens is 4. The molecule has 36 heavy (non-hydrogen) atoms. The Labute approximate surface area is 215 Å². The summed E-state index contributed by atoms with van der Waals surface area (Å²) < 4.78 is 1.77. The van der Waals surface area contributed by atoms with E-state index in [1.54, 1.807) is 33.0 Å². The lowest BCUT2D eigenvalue weighted by Crippen LogP contribution is -2.50. The van der Waals surface area contributed by atoms with Gasteiger partial charge in [-0.1, -0.05) is 20.8 Å². The van der Waals surface area contributed by atoms with Crippen molar-refractivity contribution in [3.63, 3.8) is 0 Å². The summed E-state index contributed by atoms with van der Waals surface area (Å²) in [5, 5.41) is 19.4. The molecule has 0 aliphatic carbocycles. The Morgan fingerprint density at radius 3 is 2.50 bits per heavy atom. The third-order valence-electron chi connectivity index (χ3n) is 6.90. The van der Waals surface area contributed by atoms with Gasteiger partial charge in [0.15, 0.2) is 5.82 Å². The topological polar surface area (TPSA) is 116 Å². The lowest BCUT2D eigenvalue weighted by atomic mass is 9.88. The number of hydrogen-bond acceptors (Lipinski definition) is 7. The highest BCUT2D eigenvalue weighted by Crippen LogP contribution is 2.29. The summed E-state index contributed by atoms with van der Waals surface area (Å²) in [4.78, 5) is 38.9. The highest BCUT2D eigenvalue weighted by Gasteiger charge is 2.32. The van der Waals surface area contributed by atoms with Crippen molar-refractivity contribution in [1.29, 1.82) is 0 Å². The van der Waals surface area contributed by atoms with Gasteiger partial charge in [-0.05, 0) is 39.0 Å². The van der Waals surface area contributed by atoms with Gasteiger partial charge < -0.3 is 20.2 Å². The minimum absolute atomic E-state index is 0.0116. The van der Waals surface area contributed by atoms with Crippen molar-refractivity contribution in [3.8, 4) is 11.4 Å². The van der Waals surface area contributed by atoms with E-state index in [-0.39, 0.29) is 29.4 Å². The molecule has 2 amide bonds. The number of rotatable bonds is 6. The molecule has 0 unspecified atom stereocenters. The van der Waals surface area contributed by atoms with E-state index < -0.39 is 6.09 Å². The summed E-state index contributed by atoms with van der Waals surface area (Å²) in [5.41, 5.74) is 1.08. The molecule has 4 heterocycles.